The number of hydrogen-bond acceptors (Lipinski definition) is 6. The topological polar surface area (TPSA) is 103 Å². The lowest BCUT2D eigenvalue weighted by Gasteiger charge is -2.20. The third-order valence-electron chi connectivity index (χ3n) is 4.89. The molecule has 0 radical (unpaired) electrons. The summed E-state index contributed by atoms with van der Waals surface area (Å²) in [7, 11) is -3.93. The van der Waals surface area contributed by atoms with Crippen molar-refractivity contribution >= 4 is 44.8 Å². The number of hydrogen-bond donors (Lipinski definition) is 2. The van der Waals surface area contributed by atoms with Gasteiger partial charge in [-0.3, -0.25) is 4.79 Å². The summed E-state index contributed by atoms with van der Waals surface area (Å²) < 4.78 is 44.3. The normalized spacial score (nSPS) is 18.1. The first-order chi connectivity index (χ1) is 14.8. The van der Waals surface area contributed by atoms with Gasteiger partial charge in [0.1, 0.15) is 18.1 Å². The van der Waals surface area contributed by atoms with E-state index < -0.39 is 15.9 Å². The van der Waals surface area contributed by atoms with E-state index in [1.807, 2.05) is 0 Å². The van der Waals surface area contributed by atoms with E-state index in [0.29, 0.717) is 37.0 Å². The van der Waals surface area contributed by atoms with Gasteiger partial charge >= 0.3 is 0 Å². The second-order valence-electron chi connectivity index (χ2n) is 7.06. The molecular formula is C20H20Cl2N2O6S. The maximum Gasteiger partial charge on any atom is 0.255 e. The van der Waals surface area contributed by atoms with Crippen molar-refractivity contribution in [2.45, 2.75) is 23.8 Å². The number of benzene rings is 2. The molecule has 2 aliphatic heterocycles. The molecule has 0 bridgehead atoms. The monoisotopic (exact) mass is 486 g/mol. The van der Waals surface area contributed by atoms with Crippen LogP contribution in [0.3, 0.4) is 0 Å². The average molecular weight is 487 g/mol. The average Bonchev–Trinajstić information content (AvgIpc) is 3.27. The fraction of sp³-hybridized carbons (Fsp3) is 0.350. The molecule has 11 heteroatoms. The number of carbonyl (C=O) groups is 1. The Morgan fingerprint density at radius 3 is 2.48 bits per heavy atom. The highest BCUT2D eigenvalue weighted by Crippen LogP contribution is 2.38. The van der Waals surface area contributed by atoms with Gasteiger partial charge in [0.25, 0.3) is 5.91 Å². The molecule has 2 aromatic rings. The summed E-state index contributed by atoms with van der Waals surface area (Å²) in [5.74, 6) is 0.404. The van der Waals surface area contributed by atoms with Crippen LogP contribution in [0.15, 0.2) is 35.2 Å². The lowest BCUT2D eigenvalue weighted by molar-refractivity contribution is 0.102. The standard InChI is InChI=1S/C20H20Cl2N2O6S/c21-14-4-3-12(8-19(14)31(26,27)23-11-13-2-1-5-28-13)20(25)24-16-10-18-17(9-15(16)22)29-6-7-30-18/h3-4,8-10,13,23H,1-2,5-7,11H2,(H,24,25). The van der Waals surface area contributed by atoms with Gasteiger partial charge < -0.3 is 19.5 Å². The van der Waals surface area contributed by atoms with Gasteiger partial charge in [-0.05, 0) is 31.0 Å². The Kier molecular flexibility index (Phi) is 6.59. The van der Waals surface area contributed by atoms with E-state index in [2.05, 4.69) is 10.0 Å². The van der Waals surface area contributed by atoms with Crippen LogP contribution in [0, 0.1) is 0 Å². The largest absolute Gasteiger partial charge is 0.486 e. The fourth-order valence-electron chi connectivity index (χ4n) is 3.29. The zero-order chi connectivity index (χ0) is 22.0. The summed E-state index contributed by atoms with van der Waals surface area (Å²) in [6, 6.07) is 7.14. The zero-order valence-electron chi connectivity index (χ0n) is 16.3. The van der Waals surface area contributed by atoms with E-state index in [0.717, 1.165) is 12.8 Å². The number of halogens is 2. The van der Waals surface area contributed by atoms with Crippen LogP contribution in [0.4, 0.5) is 5.69 Å². The van der Waals surface area contributed by atoms with Gasteiger partial charge in [-0.2, -0.15) is 0 Å². The maximum atomic E-state index is 12.8. The highest BCUT2D eigenvalue weighted by molar-refractivity contribution is 7.89. The molecule has 2 N–H and O–H groups in total. The summed E-state index contributed by atoms with van der Waals surface area (Å²) in [6.07, 6.45) is 1.51. The van der Waals surface area contributed by atoms with Crippen LogP contribution in [0.5, 0.6) is 11.5 Å². The Hall–Kier alpha value is -2.04. The number of anilines is 1. The summed E-state index contributed by atoms with van der Waals surface area (Å²) >= 11 is 12.3. The number of nitrogens with one attached hydrogen (secondary N) is 2. The first-order valence-electron chi connectivity index (χ1n) is 9.65. The van der Waals surface area contributed by atoms with E-state index in [9.17, 15) is 13.2 Å². The summed E-state index contributed by atoms with van der Waals surface area (Å²) in [5, 5.41) is 2.94. The molecule has 4 rings (SSSR count). The Labute approximate surface area is 189 Å². The predicted octanol–water partition coefficient (Wildman–Crippen LogP) is 3.47. The number of rotatable bonds is 6. The molecule has 0 saturated carbocycles. The van der Waals surface area contributed by atoms with Crippen molar-refractivity contribution in [3.8, 4) is 11.5 Å². The lowest BCUT2D eigenvalue weighted by atomic mass is 10.2. The second-order valence-corrected chi connectivity index (χ2v) is 9.61. The molecule has 31 heavy (non-hydrogen) atoms. The minimum Gasteiger partial charge on any atom is -0.486 e. The van der Waals surface area contributed by atoms with E-state index in [-0.39, 0.29) is 33.2 Å². The first kappa shape index (κ1) is 22.2. The highest BCUT2D eigenvalue weighted by Gasteiger charge is 2.24. The molecule has 0 aromatic heterocycles. The number of ether oxygens (including phenoxy) is 3. The van der Waals surface area contributed by atoms with Crippen molar-refractivity contribution in [1.82, 2.24) is 4.72 Å². The predicted molar refractivity (Wildman–Crippen MR) is 116 cm³/mol. The molecule has 2 heterocycles. The Morgan fingerprint density at radius 2 is 1.77 bits per heavy atom. The van der Waals surface area contributed by atoms with Gasteiger partial charge in [0.05, 0.1) is 21.8 Å². The lowest BCUT2D eigenvalue weighted by Crippen LogP contribution is -2.32. The van der Waals surface area contributed by atoms with Gasteiger partial charge in [-0.25, -0.2) is 13.1 Å². The molecule has 1 saturated heterocycles. The SMILES string of the molecule is O=C(Nc1cc2c(cc1Cl)OCCO2)c1ccc(Cl)c(S(=O)(=O)NCC2CCCO2)c1. The molecule has 2 aromatic carbocycles. The van der Waals surface area contributed by atoms with Crippen molar-refractivity contribution < 1.29 is 27.4 Å². The van der Waals surface area contributed by atoms with Crippen LogP contribution in [0.25, 0.3) is 0 Å². The number of fused-ring (bicyclic) bond motifs is 1. The third kappa shape index (κ3) is 5.07. The van der Waals surface area contributed by atoms with Crippen molar-refractivity contribution in [3.63, 3.8) is 0 Å². The van der Waals surface area contributed by atoms with E-state index in [4.69, 9.17) is 37.4 Å². The van der Waals surface area contributed by atoms with Crippen LogP contribution < -0.4 is 19.5 Å². The van der Waals surface area contributed by atoms with Crippen LogP contribution in [0.2, 0.25) is 10.0 Å². The van der Waals surface area contributed by atoms with Gasteiger partial charge in [0.2, 0.25) is 10.0 Å². The number of carbonyl (C=O) groups excluding carboxylic acids is 1. The van der Waals surface area contributed by atoms with Crippen LogP contribution >= 0.6 is 23.2 Å². The highest BCUT2D eigenvalue weighted by atomic mass is 35.5. The van der Waals surface area contributed by atoms with Crippen molar-refractivity contribution in [3.05, 3.63) is 45.9 Å². The molecule has 0 aliphatic carbocycles. The Morgan fingerprint density at radius 1 is 1.03 bits per heavy atom. The van der Waals surface area contributed by atoms with Crippen molar-refractivity contribution in [2.75, 3.05) is 31.7 Å². The van der Waals surface area contributed by atoms with E-state index >= 15 is 0 Å². The molecule has 0 spiro atoms. The van der Waals surface area contributed by atoms with Gasteiger partial charge in [-0.15, -0.1) is 0 Å². The van der Waals surface area contributed by atoms with Crippen LogP contribution in [-0.4, -0.2) is 46.8 Å². The molecule has 1 amide bonds. The van der Waals surface area contributed by atoms with Crippen molar-refractivity contribution in [2.24, 2.45) is 0 Å². The number of sulfonamides is 1. The van der Waals surface area contributed by atoms with Crippen LogP contribution in [0.1, 0.15) is 23.2 Å². The summed E-state index contributed by atoms with van der Waals surface area (Å²) in [4.78, 5) is 12.6. The summed E-state index contributed by atoms with van der Waals surface area (Å²) in [5.41, 5.74) is 0.416. The minimum absolute atomic E-state index is 0.00810. The third-order valence-corrected chi connectivity index (χ3v) is 7.11. The van der Waals surface area contributed by atoms with Crippen LogP contribution in [-0.2, 0) is 14.8 Å². The molecule has 2 aliphatic rings. The molecule has 1 unspecified atom stereocenters. The molecule has 1 atom stereocenters. The minimum atomic E-state index is -3.93. The zero-order valence-corrected chi connectivity index (χ0v) is 18.6. The van der Waals surface area contributed by atoms with E-state index in [1.54, 1.807) is 12.1 Å². The smallest absolute Gasteiger partial charge is 0.255 e. The van der Waals surface area contributed by atoms with E-state index in [1.165, 1.54) is 18.2 Å². The Bertz CT molecular complexity index is 1100. The second kappa shape index (κ2) is 9.22. The molecule has 166 valence electrons. The Balaban J connectivity index is 1.53. The molecule has 8 nitrogen and oxygen atoms in total. The number of amides is 1. The fourth-order valence-corrected chi connectivity index (χ4v) is 5.08. The van der Waals surface area contributed by atoms with Gasteiger partial charge in [-0.1, -0.05) is 23.2 Å². The maximum absolute atomic E-state index is 12.8. The first-order valence-corrected chi connectivity index (χ1v) is 11.9. The van der Waals surface area contributed by atoms with Crippen molar-refractivity contribution in [1.29, 1.82) is 0 Å². The molecule has 1 fully saturated rings. The van der Waals surface area contributed by atoms with Gasteiger partial charge in [0.15, 0.2) is 11.5 Å². The van der Waals surface area contributed by atoms with Gasteiger partial charge in [0, 0.05) is 30.8 Å². The summed E-state index contributed by atoms with van der Waals surface area (Å²) in [6.45, 7) is 1.56. The quantitative estimate of drug-likeness (QED) is 0.647. The molecular weight excluding hydrogens is 467 g/mol.